The summed E-state index contributed by atoms with van der Waals surface area (Å²) in [5.41, 5.74) is 0.729. The smallest absolute Gasteiger partial charge is 0.270 e. The van der Waals surface area contributed by atoms with Gasteiger partial charge in [0.2, 0.25) is 0 Å². The molecule has 0 amide bonds. The van der Waals surface area contributed by atoms with Crippen LogP contribution < -0.4 is 4.90 Å². The number of rotatable bonds is 3. The van der Waals surface area contributed by atoms with Crippen molar-refractivity contribution < 1.29 is 4.92 Å². The summed E-state index contributed by atoms with van der Waals surface area (Å²) >= 11 is 0. The zero-order chi connectivity index (χ0) is 12.1. The van der Waals surface area contributed by atoms with Crippen LogP contribution >= 0.6 is 0 Å². The molecular weight excluding hydrogens is 206 g/mol. The van der Waals surface area contributed by atoms with E-state index in [0.29, 0.717) is 12.2 Å². The number of nitro benzene ring substituents is 1. The van der Waals surface area contributed by atoms with Gasteiger partial charge in [-0.3, -0.25) is 10.1 Å². The van der Waals surface area contributed by atoms with Crippen molar-refractivity contribution >= 4 is 11.4 Å². The van der Waals surface area contributed by atoms with Crippen LogP contribution in [0.15, 0.2) is 18.2 Å². The number of anilines is 1. The van der Waals surface area contributed by atoms with Crippen molar-refractivity contribution in [2.24, 2.45) is 0 Å². The summed E-state index contributed by atoms with van der Waals surface area (Å²) in [5, 5.41) is 19.4. The van der Waals surface area contributed by atoms with Gasteiger partial charge in [-0.15, -0.1) is 6.42 Å². The van der Waals surface area contributed by atoms with E-state index < -0.39 is 4.92 Å². The van der Waals surface area contributed by atoms with E-state index in [4.69, 9.17) is 11.7 Å². The molecule has 80 valence electrons. The van der Waals surface area contributed by atoms with E-state index in [2.05, 4.69) is 5.92 Å². The van der Waals surface area contributed by atoms with Crippen molar-refractivity contribution in [2.45, 2.75) is 0 Å². The number of nitrogens with zero attached hydrogens (tertiary/aromatic N) is 3. The van der Waals surface area contributed by atoms with Crippen molar-refractivity contribution in [3.8, 4) is 18.4 Å². The van der Waals surface area contributed by atoms with E-state index in [9.17, 15) is 10.1 Å². The minimum Gasteiger partial charge on any atom is -0.362 e. The average molecular weight is 215 g/mol. The summed E-state index contributed by atoms with van der Waals surface area (Å²) in [4.78, 5) is 11.7. The molecule has 0 aliphatic rings. The Hall–Kier alpha value is -2.53. The van der Waals surface area contributed by atoms with Gasteiger partial charge in [0.25, 0.3) is 5.69 Å². The summed E-state index contributed by atoms with van der Waals surface area (Å²) in [5.74, 6) is 2.44. The topological polar surface area (TPSA) is 70.2 Å². The fraction of sp³-hybridized carbons (Fsp3) is 0.182. The fourth-order valence-corrected chi connectivity index (χ4v) is 1.28. The zero-order valence-corrected chi connectivity index (χ0v) is 8.67. The summed E-state index contributed by atoms with van der Waals surface area (Å²) in [6.45, 7) is 0.340. The highest BCUT2D eigenvalue weighted by Gasteiger charge is 2.12. The lowest BCUT2D eigenvalue weighted by Crippen LogP contribution is -2.18. The monoisotopic (exact) mass is 215 g/mol. The molecule has 5 heteroatoms. The largest absolute Gasteiger partial charge is 0.362 e. The number of nitro groups is 1. The first-order valence-corrected chi connectivity index (χ1v) is 4.43. The number of hydrogen-bond donors (Lipinski definition) is 0. The lowest BCUT2D eigenvalue weighted by Gasteiger charge is -2.16. The van der Waals surface area contributed by atoms with Gasteiger partial charge < -0.3 is 4.90 Å². The standard InChI is InChI=1S/C11H9N3O2/c1-3-6-13(2)11-5-4-10(14(15)16)7-9(11)8-12/h1,4-5,7H,6H2,2H3. The molecule has 0 heterocycles. The van der Waals surface area contributed by atoms with Gasteiger partial charge in [0.15, 0.2) is 0 Å². The van der Waals surface area contributed by atoms with Crippen LogP contribution in [0.25, 0.3) is 0 Å². The Morgan fingerprint density at radius 3 is 2.81 bits per heavy atom. The first-order valence-electron chi connectivity index (χ1n) is 4.43. The molecule has 1 aromatic rings. The van der Waals surface area contributed by atoms with Crippen LogP contribution in [0.2, 0.25) is 0 Å². The van der Waals surface area contributed by atoms with Crippen molar-refractivity contribution in [2.75, 3.05) is 18.5 Å². The second-order valence-electron chi connectivity index (χ2n) is 3.13. The average Bonchev–Trinajstić information content (AvgIpc) is 2.28. The van der Waals surface area contributed by atoms with Crippen LogP contribution in [-0.4, -0.2) is 18.5 Å². The van der Waals surface area contributed by atoms with Gasteiger partial charge in [0.05, 0.1) is 22.7 Å². The van der Waals surface area contributed by atoms with E-state index in [1.54, 1.807) is 11.9 Å². The number of hydrogen-bond acceptors (Lipinski definition) is 4. The molecule has 5 nitrogen and oxygen atoms in total. The maximum Gasteiger partial charge on any atom is 0.270 e. The van der Waals surface area contributed by atoms with Crippen LogP contribution in [0.5, 0.6) is 0 Å². The second kappa shape index (κ2) is 4.81. The number of benzene rings is 1. The van der Waals surface area contributed by atoms with Gasteiger partial charge in [-0.25, -0.2) is 0 Å². The maximum absolute atomic E-state index is 10.5. The molecule has 1 aromatic carbocycles. The van der Waals surface area contributed by atoms with E-state index in [0.717, 1.165) is 0 Å². The highest BCUT2D eigenvalue weighted by atomic mass is 16.6. The molecule has 0 aliphatic carbocycles. The maximum atomic E-state index is 10.5. The van der Waals surface area contributed by atoms with Crippen molar-refractivity contribution in [1.82, 2.24) is 0 Å². The van der Waals surface area contributed by atoms with Gasteiger partial charge in [0.1, 0.15) is 6.07 Å². The van der Waals surface area contributed by atoms with E-state index in [1.165, 1.54) is 18.2 Å². The lowest BCUT2D eigenvalue weighted by atomic mass is 10.1. The quantitative estimate of drug-likeness (QED) is 0.435. The van der Waals surface area contributed by atoms with Gasteiger partial charge >= 0.3 is 0 Å². The second-order valence-corrected chi connectivity index (χ2v) is 3.13. The molecule has 0 N–H and O–H groups in total. The Labute approximate surface area is 93.1 Å². The molecule has 0 saturated heterocycles. The summed E-state index contributed by atoms with van der Waals surface area (Å²) in [7, 11) is 1.72. The Kier molecular flexibility index (Phi) is 3.47. The zero-order valence-electron chi connectivity index (χ0n) is 8.67. The Morgan fingerprint density at radius 1 is 1.62 bits per heavy atom. The first-order chi connectivity index (χ1) is 7.60. The lowest BCUT2D eigenvalue weighted by molar-refractivity contribution is -0.384. The van der Waals surface area contributed by atoms with Gasteiger partial charge in [-0.1, -0.05) is 5.92 Å². The van der Waals surface area contributed by atoms with Gasteiger partial charge in [0, 0.05) is 19.2 Å². The highest BCUT2D eigenvalue weighted by Crippen LogP contribution is 2.23. The third-order valence-corrected chi connectivity index (χ3v) is 2.05. The third-order valence-electron chi connectivity index (χ3n) is 2.05. The minimum atomic E-state index is -0.536. The normalized spacial score (nSPS) is 8.94. The van der Waals surface area contributed by atoms with Crippen LogP contribution in [0.3, 0.4) is 0 Å². The van der Waals surface area contributed by atoms with Crippen molar-refractivity contribution in [1.29, 1.82) is 5.26 Å². The van der Waals surface area contributed by atoms with E-state index >= 15 is 0 Å². The molecule has 0 spiro atoms. The predicted molar refractivity (Wildman–Crippen MR) is 59.9 cm³/mol. The molecule has 0 bridgehead atoms. The molecule has 16 heavy (non-hydrogen) atoms. The number of terminal acetylenes is 1. The molecule has 1 rings (SSSR count). The first kappa shape index (κ1) is 11.5. The van der Waals surface area contributed by atoms with Crippen LogP contribution in [0, 0.1) is 33.8 Å². The summed E-state index contributed by atoms with van der Waals surface area (Å²) in [6, 6.07) is 6.03. The Balaban J connectivity index is 3.19. The highest BCUT2D eigenvalue weighted by molar-refractivity contribution is 5.62. The molecule has 0 atom stereocenters. The summed E-state index contributed by atoms with van der Waals surface area (Å²) < 4.78 is 0. The molecule has 0 saturated carbocycles. The molecule has 0 unspecified atom stereocenters. The van der Waals surface area contributed by atoms with E-state index in [1.807, 2.05) is 6.07 Å². The molecule has 0 aromatic heterocycles. The van der Waals surface area contributed by atoms with Crippen molar-refractivity contribution in [3.05, 3.63) is 33.9 Å². The fourth-order valence-electron chi connectivity index (χ4n) is 1.28. The van der Waals surface area contributed by atoms with E-state index in [-0.39, 0.29) is 11.3 Å². The molecular formula is C11H9N3O2. The Morgan fingerprint density at radius 2 is 2.31 bits per heavy atom. The minimum absolute atomic E-state index is 0.102. The predicted octanol–water partition coefficient (Wildman–Crippen LogP) is 1.54. The summed E-state index contributed by atoms with van der Waals surface area (Å²) in [6.07, 6.45) is 5.15. The van der Waals surface area contributed by atoms with Gasteiger partial charge in [-0.2, -0.15) is 5.26 Å². The third kappa shape index (κ3) is 2.28. The van der Waals surface area contributed by atoms with Crippen LogP contribution in [-0.2, 0) is 0 Å². The number of nitriles is 1. The van der Waals surface area contributed by atoms with Crippen molar-refractivity contribution in [3.63, 3.8) is 0 Å². The van der Waals surface area contributed by atoms with Crippen LogP contribution in [0.4, 0.5) is 11.4 Å². The Bertz CT molecular complexity index is 497. The van der Waals surface area contributed by atoms with Gasteiger partial charge in [-0.05, 0) is 6.07 Å². The molecule has 0 fully saturated rings. The molecule has 0 radical (unpaired) electrons. The number of non-ortho nitro benzene ring substituents is 1. The SMILES string of the molecule is C#CCN(C)c1ccc([N+](=O)[O-])cc1C#N. The van der Waals surface area contributed by atoms with Crippen LogP contribution in [0.1, 0.15) is 5.56 Å². The molecule has 0 aliphatic heterocycles.